The highest BCUT2D eigenvalue weighted by Crippen LogP contribution is 2.28. The molecule has 0 unspecified atom stereocenters. The van der Waals surface area contributed by atoms with Crippen molar-refractivity contribution in [1.29, 1.82) is 0 Å². The zero-order valence-electron chi connectivity index (χ0n) is 14.9. The molecular formula is C19H17FN4O3S. The lowest BCUT2D eigenvalue weighted by molar-refractivity contribution is -0.115. The molecule has 0 atom stereocenters. The van der Waals surface area contributed by atoms with Crippen molar-refractivity contribution >= 4 is 39.7 Å². The predicted octanol–water partition coefficient (Wildman–Crippen LogP) is 3.40. The topological polar surface area (TPSA) is 92.3 Å². The van der Waals surface area contributed by atoms with Gasteiger partial charge < -0.3 is 20.7 Å². The number of hydrogen-bond donors (Lipinski definition) is 3. The van der Waals surface area contributed by atoms with Crippen LogP contribution in [-0.2, 0) is 4.79 Å². The molecule has 0 bridgehead atoms. The van der Waals surface area contributed by atoms with Crippen molar-refractivity contribution < 1.29 is 18.7 Å². The molecule has 9 heteroatoms. The van der Waals surface area contributed by atoms with Crippen molar-refractivity contribution in [1.82, 2.24) is 10.3 Å². The summed E-state index contributed by atoms with van der Waals surface area (Å²) in [4.78, 5) is 28.3. The van der Waals surface area contributed by atoms with E-state index in [9.17, 15) is 14.0 Å². The SMILES string of the molecule is COc1ccccc1Nc1nc(C(=O)NCC(=O)Nc2ccc(F)cc2)cs1. The van der Waals surface area contributed by atoms with Gasteiger partial charge in [-0.25, -0.2) is 9.37 Å². The minimum absolute atomic E-state index is 0.192. The summed E-state index contributed by atoms with van der Waals surface area (Å²) >= 11 is 1.26. The highest BCUT2D eigenvalue weighted by molar-refractivity contribution is 7.14. The smallest absolute Gasteiger partial charge is 0.271 e. The zero-order valence-corrected chi connectivity index (χ0v) is 15.7. The average molecular weight is 400 g/mol. The van der Waals surface area contributed by atoms with E-state index in [4.69, 9.17) is 4.74 Å². The molecule has 0 spiro atoms. The molecule has 3 aromatic rings. The molecular weight excluding hydrogens is 383 g/mol. The van der Waals surface area contributed by atoms with Crippen molar-refractivity contribution in [3.8, 4) is 5.75 Å². The van der Waals surface area contributed by atoms with Gasteiger partial charge in [0, 0.05) is 11.1 Å². The van der Waals surface area contributed by atoms with Crippen LogP contribution >= 0.6 is 11.3 Å². The Kier molecular flexibility index (Phi) is 6.18. The lowest BCUT2D eigenvalue weighted by Gasteiger charge is -2.08. The van der Waals surface area contributed by atoms with Gasteiger partial charge in [0.05, 0.1) is 19.3 Å². The van der Waals surface area contributed by atoms with Gasteiger partial charge in [0.25, 0.3) is 5.91 Å². The molecule has 0 fully saturated rings. The van der Waals surface area contributed by atoms with Crippen LogP contribution < -0.4 is 20.7 Å². The fraction of sp³-hybridized carbons (Fsp3) is 0.105. The largest absolute Gasteiger partial charge is 0.495 e. The second kappa shape index (κ2) is 8.96. The number of aromatic nitrogens is 1. The summed E-state index contributed by atoms with van der Waals surface area (Å²) in [5, 5.41) is 10.3. The van der Waals surface area contributed by atoms with Crippen molar-refractivity contribution in [2.24, 2.45) is 0 Å². The first kappa shape index (κ1) is 19.3. The Morgan fingerprint density at radius 1 is 1.14 bits per heavy atom. The summed E-state index contributed by atoms with van der Waals surface area (Å²) in [5.74, 6) is -0.644. The van der Waals surface area contributed by atoms with Crippen LogP contribution in [0.2, 0.25) is 0 Å². The third-order valence-electron chi connectivity index (χ3n) is 3.62. The molecule has 2 amide bonds. The number of amides is 2. The van der Waals surface area contributed by atoms with Gasteiger partial charge in [-0.1, -0.05) is 12.1 Å². The number of para-hydroxylation sites is 2. The number of carbonyl (C=O) groups is 2. The fourth-order valence-corrected chi connectivity index (χ4v) is 2.99. The van der Waals surface area contributed by atoms with Crippen molar-refractivity contribution in [3.63, 3.8) is 0 Å². The van der Waals surface area contributed by atoms with Crippen LogP contribution in [-0.4, -0.2) is 30.5 Å². The van der Waals surface area contributed by atoms with E-state index >= 15 is 0 Å². The quantitative estimate of drug-likeness (QED) is 0.565. The van der Waals surface area contributed by atoms with E-state index in [0.29, 0.717) is 16.6 Å². The number of carbonyl (C=O) groups excluding carboxylic acids is 2. The summed E-state index contributed by atoms with van der Waals surface area (Å²) < 4.78 is 18.1. The monoisotopic (exact) mass is 400 g/mol. The Balaban J connectivity index is 1.53. The molecule has 3 rings (SSSR count). The lowest BCUT2D eigenvalue weighted by Crippen LogP contribution is -2.33. The van der Waals surface area contributed by atoms with Crippen molar-refractivity contribution in [2.45, 2.75) is 0 Å². The minimum atomic E-state index is -0.474. The molecule has 7 nitrogen and oxygen atoms in total. The van der Waals surface area contributed by atoms with Gasteiger partial charge in [-0.05, 0) is 36.4 Å². The Labute approximate surface area is 164 Å². The molecule has 0 saturated carbocycles. The molecule has 0 aliphatic carbocycles. The van der Waals surface area contributed by atoms with Gasteiger partial charge in [-0.15, -0.1) is 11.3 Å². The fourth-order valence-electron chi connectivity index (χ4n) is 2.29. The standard InChI is InChI=1S/C19H17FN4O3S/c1-27-16-5-3-2-4-14(16)23-19-24-15(11-28-19)18(26)21-10-17(25)22-13-8-6-12(20)7-9-13/h2-9,11H,10H2,1H3,(H,21,26)(H,22,25)(H,23,24). The second-order valence-corrected chi connectivity index (χ2v) is 6.46. The summed E-state index contributed by atoms with van der Waals surface area (Å²) in [6, 6.07) is 12.7. The molecule has 0 radical (unpaired) electrons. The predicted molar refractivity (Wildman–Crippen MR) is 106 cm³/mol. The number of methoxy groups -OCH3 is 1. The van der Waals surface area contributed by atoms with Crippen LogP contribution in [0.5, 0.6) is 5.75 Å². The Morgan fingerprint density at radius 3 is 2.64 bits per heavy atom. The third kappa shape index (κ3) is 5.04. The molecule has 2 aromatic carbocycles. The number of benzene rings is 2. The number of anilines is 3. The van der Waals surface area contributed by atoms with Gasteiger partial charge in [-0.2, -0.15) is 0 Å². The van der Waals surface area contributed by atoms with Gasteiger partial charge >= 0.3 is 0 Å². The van der Waals surface area contributed by atoms with Gasteiger partial charge in [0.2, 0.25) is 5.91 Å². The average Bonchev–Trinajstić information content (AvgIpc) is 3.17. The van der Waals surface area contributed by atoms with Crippen LogP contribution in [0.4, 0.5) is 20.9 Å². The van der Waals surface area contributed by atoms with E-state index in [1.807, 2.05) is 24.3 Å². The van der Waals surface area contributed by atoms with Gasteiger partial charge in [0.1, 0.15) is 17.3 Å². The second-order valence-electron chi connectivity index (χ2n) is 5.60. The number of halogens is 1. The first-order valence-electron chi connectivity index (χ1n) is 8.24. The number of nitrogens with one attached hydrogen (secondary N) is 3. The maximum atomic E-state index is 12.9. The third-order valence-corrected chi connectivity index (χ3v) is 4.38. The number of rotatable bonds is 7. The van der Waals surface area contributed by atoms with E-state index in [-0.39, 0.29) is 12.2 Å². The highest BCUT2D eigenvalue weighted by Gasteiger charge is 2.13. The van der Waals surface area contributed by atoms with Crippen molar-refractivity contribution in [3.05, 3.63) is 65.4 Å². The van der Waals surface area contributed by atoms with Crippen LogP contribution in [0.3, 0.4) is 0 Å². The molecule has 3 N–H and O–H groups in total. The van der Waals surface area contributed by atoms with E-state index in [1.165, 1.54) is 35.6 Å². The van der Waals surface area contributed by atoms with Crippen LogP contribution in [0.1, 0.15) is 10.5 Å². The maximum Gasteiger partial charge on any atom is 0.271 e. The number of nitrogens with zero attached hydrogens (tertiary/aromatic N) is 1. The lowest BCUT2D eigenvalue weighted by atomic mass is 10.3. The van der Waals surface area contributed by atoms with Crippen LogP contribution in [0, 0.1) is 5.82 Å². The number of ether oxygens (including phenoxy) is 1. The minimum Gasteiger partial charge on any atom is -0.495 e. The summed E-state index contributed by atoms with van der Waals surface area (Å²) in [5.41, 5.74) is 1.36. The van der Waals surface area contributed by atoms with E-state index < -0.39 is 17.6 Å². The summed E-state index contributed by atoms with van der Waals surface area (Å²) in [6.07, 6.45) is 0. The zero-order chi connectivity index (χ0) is 19.9. The van der Waals surface area contributed by atoms with Crippen molar-refractivity contribution in [2.75, 3.05) is 24.3 Å². The van der Waals surface area contributed by atoms with Gasteiger partial charge in [0.15, 0.2) is 5.13 Å². The Bertz CT molecular complexity index is 975. The molecule has 144 valence electrons. The number of thiazole rings is 1. The molecule has 0 aliphatic heterocycles. The number of hydrogen-bond acceptors (Lipinski definition) is 6. The molecule has 1 heterocycles. The first-order valence-corrected chi connectivity index (χ1v) is 9.12. The molecule has 0 saturated heterocycles. The van der Waals surface area contributed by atoms with Crippen LogP contribution in [0.25, 0.3) is 0 Å². The summed E-state index contributed by atoms with van der Waals surface area (Å²) in [6.45, 7) is -0.233. The Morgan fingerprint density at radius 2 is 1.89 bits per heavy atom. The van der Waals surface area contributed by atoms with E-state index in [2.05, 4.69) is 20.9 Å². The summed E-state index contributed by atoms with van der Waals surface area (Å²) in [7, 11) is 1.57. The highest BCUT2D eigenvalue weighted by atomic mass is 32.1. The molecule has 0 aliphatic rings. The van der Waals surface area contributed by atoms with E-state index in [0.717, 1.165) is 5.69 Å². The first-order chi connectivity index (χ1) is 13.5. The molecule has 1 aromatic heterocycles. The van der Waals surface area contributed by atoms with Gasteiger partial charge in [-0.3, -0.25) is 9.59 Å². The molecule has 28 heavy (non-hydrogen) atoms. The maximum absolute atomic E-state index is 12.9. The Hall–Kier alpha value is -3.46. The normalized spacial score (nSPS) is 10.2. The van der Waals surface area contributed by atoms with E-state index in [1.54, 1.807) is 12.5 Å². The van der Waals surface area contributed by atoms with Crippen LogP contribution in [0.15, 0.2) is 53.9 Å².